The van der Waals surface area contributed by atoms with Gasteiger partial charge in [0, 0.05) is 11.3 Å². The molecule has 0 aromatic heterocycles. The quantitative estimate of drug-likeness (QED) is 0.279. The van der Waals surface area contributed by atoms with Crippen molar-refractivity contribution in [1.82, 2.24) is 0 Å². The van der Waals surface area contributed by atoms with Crippen molar-refractivity contribution >= 4 is 35.5 Å². The zero-order valence-corrected chi connectivity index (χ0v) is 19.1. The van der Waals surface area contributed by atoms with E-state index in [0.717, 1.165) is 12.7 Å². The largest absolute Gasteiger partial charge is 0.469 e. The Kier molecular flexibility index (Phi) is 6.24. The standard InChI is InChI=1S/C26H25NO7/c1-4-34-25(31)26(22(28)17-11-6-5-7-12-17)19-15-14-16-10-8-9-13-18(16)27(19)21(24(30)33-3)20(26)23(29)32-2/h5-15,19-21H,4H2,1-3H3. The van der Waals surface area contributed by atoms with Gasteiger partial charge >= 0.3 is 17.9 Å². The number of carbonyl (C=O) groups excluding carboxylic acids is 4. The number of fused-ring (bicyclic) bond motifs is 3. The van der Waals surface area contributed by atoms with Crippen LogP contribution in [0.3, 0.4) is 0 Å². The Bertz CT molecular complexity index is 1160. The van der Waals surface area contributed by atoms with Crippen molar-refractivity contribution in [2.24, 2.45) is 11.3 Å². The summed E-state index contributed by atoms with van der Waals surface area (Å²) in [4.78, 5) is 56.1. The number of Topliss-reactive ketones (excluding diaryl/α,β-unsaturated/α-hetero) is 1. The van der Waals surface area contributed by atoms with Crippen LogP contribution in [0.4, 0.5) is 5.69 Å². The van der Waals surface area contributed by atoms with Crippen LogP contribution in [0, 0.1) is 11.3 Å². The molecule has 4 rings (SSSR count). The highest BCUT2D eigenvalue weighted by Gasteiger charge is 2.73. The lowest BCUT2D eigenvalue weighted by Crippen LogP contribution is -2.55. The van der Waals surface area contributed by atoms with Gasteiger partial charge in [-0.2, -0.15) is 0 Å². The molecule has 0 amide bonds. The zero-order chi connectivity index (χ0) is 24.5. The predicted molar refractivity (Wildman–Crippen MR) is 123 cm³/mol. The normalized spacial score (nSPS) is 24.6. The Morgan fingerprint density at radius 2 is 1.56 bits per heavy atom. The summed E-state index contributed by atoms with van der Waals surface area (Å²) >= 11 is 0. The molecule has 2 heterocycles. The maximum Gasteiger partial charge on any atom is 0.329 e. The first-order valence-electron chi connectivity index (χ1n) is 10.9. The fourth-order valence-electron chi connectivity index (χ4n) is 5.10. The molecule has 176 valence electrons. The number of rotatable bonds is 6. The van der Waals surface area contributed by atoms with E-state index in [-0.39, 0.29) is 12.2 Å². The number of ketones is 1. The Morgan fingerprint density at radius 3 is 2.21 bits per heavy atom. The van der Waals surface area contributed by atoms with Crippen molar-refractivity contribution in [3.63, 3.8) is 0 Å². The molecule has 1 saturated heterocycles. The van der Waals surface area contributed by atoms with Gasteiger partial charge in [-0.15, -0.1) is 0 Å². The molecular formula is C26H25NO7. The number of nitrogens with zero attached hydrogens (tertiary/aromatic N) is 1. The summed E-state index contributed by atoms with van der Waals surface area (Å²) in [6.45, 7) is 1.59. The van der Waals surface area contributed by atoms with Crippen LogP contribution in [0.2, 0.25) is 0 Å². The van der Waals surface area contributed by atoms with Crippen LogP contribution in [0.25, 0.3) is 6.08 Å². The molecule has 0 bridgehead atoms. The predicted octanol–water partition coefficient (Wildman–Crippen LogP) is 2.67. The number of esters is 3. The van der Waals surface area contributed by atoms with E-state index in [1.54, 1.807) is 66.4 Å². The molecule has 0 spiro atoms. The summed E-state index contributed by atoms with van der Waals surface area (Å²) in [5.41, 5.74) is -0.524. The molecular weight excluding hydrogens is 438 g/mol. The van der Waals surface area contributed by atoms with Gasteiger partial charge in [-0.3, -0.25) is 14.4 Å². The summed E-state index contributed by atoms with van der Waals surface area (Å²) < 4.78 is 15.5. The van der Waals surface area contributed by atoms with Gasteiger partial charge in [0.1, 0.15) is 12.0 Å². The average Bonchev–Trinajstić information content (AvgIpc) is 3.20. The minimum atomic E-state index is -2.09. The maximum absolute atomic E-state index is 14.2. The monoisotopic (exact) mass is 463 g/mol. The first-order chi connectivity index (χ1) is 16.4. The van der Waals surface area contributed by atoms with E-state index in [9.17, 15) is 19.2 Å². The SMILES string of the molecule is CCOC(=O)C1(C(=O)c2ccccc2)C(C(=O)OC)C(C(=O)OC)N2c3ccccc3C=CC21. The third-order valence-corrected chi connectivity index (χ3v) is 6.47. The van der Waals surface area contributed by atoms with E-state index >= 15 is 0 Å². The molecule has 0 saturated carbocycles. The van der Waals surface area contributed by atoms with Gasteiger partial charge in [-0.05, 0) is 18.6 Å². The number of hydrogen-bond donors (Lipinski definition) is 0. The lowest BCUT2D eigenvalue weighted by atomic mass is 9.66. The fourth-order valence-corrected chi connectivity index (χ4v) is 5.10. The molecule has 0 radical (unpaired) electrons. The molecule has 34 heavy (non-hydrogen) atoms. The lowest BCUT2D eigenvalue weighted by molar-refractivity contribution is -0.165. The van der Waals surface area contributed by atoms with Crippen LogP contribution in [0.5, 0.6) is 0 Å². The second kappa shape index (κ2) is 9.13. The third kappa shape index (κ3) is 3.29. The highest BCUT2D eigenvalue weighted by Crippen LogP contribution is 2.54. The number of ether oxygens (including phenoxy) is 3. The third-order valence-electron chi connectivity index (χ3n) is 6.47. The topological polar surface area (TPSA) is 99.2 Å². The Hall–Kier alpha value is -3.94. The molecule has 2 aliphatic rings. The molecule has 1 fully saturated rings. The molecule has 0 N–H and O–H groups in total. The number of para-hydroxylation sites is 1. The number of carbonyl (C=O) groups is 4. The fraction of sp³-hybridized carbons (Fsp3) is 0.308. The van der Waals surface area contributed by atoms with E-state index in [0.29, 0.717) is 5.69 Å². The first-order valence-corrected chi connectivity index (χ1v) is 10.9. The number of anilines is 1. The van der Waals surface area contributed by atoms with Gasteiger partial charge in [-0.25, -0.2) is 4.79 Å². The van der Waals surface area contributed by atoms with Gasteiger partial charge in [0.05, 0.1) is 26.9 Å². The van der Waals surface area contributed by atoms with E-state index in [4.69, 9.17) is 14.2 Å². The second-order valence-corrected chi connectivity index (χ2v) is 8.02. The molecule has 4 atom stereocenters. The Labute approximate surface area is 197 Å². The zero-order valence-electron chi connectivity index (χ0n) is 19.1. The van der Waals surface area contributed by atoms with E-state index in [1.165, 1.54) is 7.11 Å². The van der Waals surface area contributed by atoms with Crippen molar-refractivity contribution in [2.45, 2.75) is 19.0 Å². The minimum Gasteiger partial charge on any atom is -0.469 e. The maximum atomic E-state index is 14.2. The summed E-state index contributed by atoms with van der Waals surface area (Å²) in [6, 6.07) is 13.1. The first kappa shape index (κ1) is 23.2. The van der Waals surface area contributed by atoms with Crippen LogP contribution >= 0.6 is 0 Å². The molecule has 2 aliphatic heterocycles. The van der Waals surface area contributed by atoms with Crippen LogP contribution in [0.1, 0.15) is 22.8 Å². The van der Waals surface area contributed by atoms with Crippen molar-refractivity contribution in [2.75, 3.05) is 25.7 Å². The summed E-state index contributed by atoms with van der Waals surface area (Å²) in [6.07, 6.45) is 3.44. The van der Waals surface area contributed by atoms with Crippen LogP contribution < -0.4 is 4.90 Å². The Morgan fingerprint density at radius 1 is 0.912 bits per heavy atom. The molecule has 8 nitrogen and oxygen atoms in total. The average molecular weight is 463 g/mol. The molecule has 0 aliphatic carbocycles. The lowest BCUT2D eigenvalue weighted by Gasteiger charge is -2.38. The molecule has 4 unspecified atom stereocenters. The van der Waals surface area contributed by atoms with Crippen LogP contribution in [0.15, 0.2) is 60.7 Å². The Balaban J connectivity index is 2.07. The van der Waals surface area contributed by atoms with Crippen molar-refractivity contribution in [3.05, 3.63) is 71.8 Å². The van der Waals surface area contributed by atoms with E-state index in [2.05, 4.69) is 0 Å². The van der Waals surface area contributed by atoms with E-state index in [1.807, 2.05) is 12.1 Å². The van der Waals surface area contributed by atoms with Crippen LogP contribution in [-0.4, -0.2) is 56.6 Å². The smallest absolute Gasteiger partial charge is 0.329 e. The van der Waals surface area contributed by atoms with Gasteiger partial charge in [-0.1, -0.05) is 60.7 Å². The highest BCUT2D eigenvalue weighted by atomic mass is 16.5. The van der Waals surface area contributed by atoms with Gasteiger partial charge in [0.25, 0.3) is 0 Å². The second-order valence-electron chi connectivity index (χ2n) is 8.02. The van der Waals surface area contributed by atoms with Crippen molar-refractivity contribution in [3.8, 4) is 0 Å². The van der Waals surface area contributed by atoms with Gasteiger partial charge in [0.15, 0.2) is 11.2 Å². The van der Waals surface area contributed by atoms with E-state index < -0.39 is 47.1 Å². The van der Waals surface area contributed by atoms with Gasteiger partial charge < -0.3 is 19.1 Å². The molecule has 2 aromatic carbocycles. The number of benzene rings is 2. The number of hydrogen-bond acceptors (Lipinski definition) is 8. The van der Waals surface area contributed by atoms with Crippen molar-refractivity contribution < 1.29 is 33.4 Å². The highest BCUT2D eigenvalue weighted by molar-refractivity contribution is 6.18. The van der Waals surface area contributed by atoms with Crippen molar-refractivity contribution in [1.29, 1.82) is 0 Å². The molecule has 8 heteroatoms. The van der Waals surface area contributed by atoms with Gasteiger partial charge in [0.2, 0.25) is 0 Å². The molecule has 2 aromatic rings. The summed E-state index contributed by atoms with van der Waals surface area (Å²) in [7, 11) is 2.35. The summed E-state index contributed by atoms with van der Waals surface area (Å²) in [5, 5.41) is 0. The summed E-state index contributed by atoms with van der Waals surface area (Å²) in [5.74, 6) is -4.69. The minimum absolute atomic E-state index is 0.0214. The van der Waals surface area contributed by atoms with Crippen LogP contribution in [-0.2, 0) is 28.6 Å². The number of methoxy groups -OCH3 is 2.